The van der Waals surface area contributed by atoms with Crippen LogP contribution >= 0.6 is 0 Å². The van der Waals surface area contributed by atoms with Crippen LogP contribution in [0.25, 0.3) is 0 Å². The topological polar surface area (TPSA) is 48.1 Å². The number of carbonyl (C=O) groups excluding carboxylic acids is 1. The number of piperazine rings is 1. The third-order valence-electron chi connectivity index (χ3n) is 6.70. The molecule has 0 spiro atoms. The largest absolute Gasteiger partial charge is 0.494 e. The number of anilines is 1. The van der Waals surface area contributed by atoms with Gasteiger partial charge >= 0.3 is 0 Å². The summed E-state index contributed by atoms with van der Waals surface area (Å²) in [5.41, 5.74) is 4.73. The van der Waals surface area contributed by atoms with Crippen molar-refractivity contribution in [2.24, 2.45) is 0 Å². The van der Waals surface area contributed by atoms with Crippen LogP contribution in [0.1, 0.15) is 40.9 Å². The second-order valence-electron chi connectivity index (χ2n) is 8.94. The molecule has 1 fully saturated rings. The van der Waals surface area contributed by atoms with Gasteiger partial charge in [-0.3, -0.25) is 9.69 Å². The number of ether oxygens (including phenoxy) is 1. The number of hydrogen-bond donors (Lipinski definition) is 1. The Morgan fingerprint density at radius 2 is 1.78 bits per heavy atom. The summed E-state index contributed by atoms with van der Waals surface area (Å²) in [4.78, 5) is 20.1. The molecule has 32 heavy (non-hydrogen) atoms. The van der Waals surface area contributed by atoms with Crippen LogP contribution < -0.4 is 15.0 Å². The maximum atomic E-state index is 12.9. The minimum atomic E-state index is -0.0372. The van der Waals surface area contributed by atoms with Crippen LogP contribution in [0.15, 0.2) is 42.5 Å². The maximum Gasteiger partial charge on any atom is 0.251 e. The number of fused-ring (bicyclic) bond motifs is 1. The van der Waals surface area contributed by atoms with Crippen LogP contribution in [-0.2, 0) is 6.42 Å². The van der Waals surface area contributed by atoms with E-state index in [1.807, 2.05) is 31.2 Å². The third-order valence-corrected chi connectivity index (χ3v) is 6.70. The van der Waals surface area contributed by atoms with Crippen molar-refractivity contribution >= 4 is 11.6 Å². The van der Waals surface area contributed by atoms with Crippen LogP contribution in [0, 0.1) is 0 Å². The van der Waals surface area contributed by atoms with E-state index in [4.69, 9.17) is 4.74 Å². The third kappa shape index (κ3) is 5.25. The highest BCUT2D eigenvalue weighted by molar-refractivity contribution is 5.94. The molecule has 2 aliphatic heterocycles. The Hall–Kier alpha value is -2.57. The van der Waals surface area contributed by atoms with E-state index in [2.05, 4.69) is 52.3 Å². The van der Waals surface area contributed by atoms with E-state index in [0.29, 0.717) is 18.7 Å². The van der Waals surface area contributed by atoms with Gasteiger partial charge in [0, 0.05) is 57.6 Å². The molecule has 2 heterocycles. The lowest BCUT2D eigenvalue weighted by molar-refractivity contribution is 0.0886. The van der Waals surface area contributed by atoms with E-state index in [1.165, 1.54) is 23.2 Å². The van der Waals surface area contributed by atoms with Gasteiger partial charge in [-0.15, -0.1) is 0 Å². The smallest absolute Gasteiger partial charge is 0.251 e. The van der Waals surface area contributed by atoms with Crippen molar-refractivity contribution in [1.82, 2.24) is 15.1 Å². The zero-order chi connectivity index (χ0) is 22.5. The van der Waals surface area contributed by atoms with E-state index in [0.717, 1.165) is 44.9 Å². The minimum Gasteiger partial charge on any atom is -0.494 e. The quantitative estimate of drug-likeness (QED) is 0.722. The summed E-state index contributed by atoms with van der Waals surface area (Å²) in [5, 5.41) is 3.20. The zero-order valence-electron chi connectivity index (χ0n) is 19.6. The first-order valence-electron chi connectivity index (χ1n) is 11.8. The molecular weight excluding hydrogens is 400 g/mol. The number of amides is 1. The average Bonchev–Trinajstić information content (AvgIpc) is 2.81. The van der Waals surface area contributed by atoms with Crippen LogP contribution in [0.3, 0.4) is 0 Å². The Morgan fingerprint density at radius 1 is 1.03 bits per heavy atom. The molecule has 0 aliphatic carbocycles. The van der Waals surface area contributed by atoms with Crippen LogP contribution in [0.2, 0.25) is 0 Å². The minimum absolute atomic E-state index is 0.0372. The van der Waals surface area contributed by atoms with E-state index in [1.54, 1.807) is 0 Å². The number of benzene rings is 2. The number of likely N-dealkylation sites (N-methyl/N-ethyl adjacent to an activating group) is 1. The first-order chi connectivity index (χ1) is 15.5. The summed E-state index contributed by atoms with van der Waals surface area (Å²) >= 11 is 0. The molecule has 1 atom stereocenters. The molecule has 1 saturated heterocycles. The van der Waals surface area contributed by atoms with Gasteiger partial charge in [0.25, 0.3) is 5.91 Å². The number of nitrogens with zero attached hydrogens (tertiary/aromatic N) is 3. The summed E-state index contributed by atoms with van der Waals surface area (Å²) < 4.78 is 5.49. The molecule has 2 aliphatic rings. The number of hydrogen-bond acceptors (Lipinski definition) is 5. The monoisotopic (exact) mass is 436 g/mol. The summed E-state index contributed by atoms with van der Waals surface area (Å²) in [5.74, 6) is 0.753. The Balaban J connectivity index is 1.50. The number of nitrogens with one attached hydrogen (secondary N) is 1. The van der Waals surface area contributed by atoms with Crippen molar-refractivity contribution in [3.8, 4) is 5.75 Å². The molecule has 4 rings (SSSR count). The highest BCUT2D eigenvalue weighted by Crippen LogP contribution is 2.31. The second kappa shape index (κ2) is 10.4. The molecule has 0 saturated carbocycles. The zero-order valence-corrected chi connectivity index (χ0v) is 19.6. The fourth-order valence-electron chi connectivity index (χ4n) is 4.76. The molecule has 6 heteroatoms. The summed E-state index contributed by atoms with van der Waals surface area (Å²) in [7, 11) is 4.35. The maximum absolute atomic E-state index is 12.9. The Labute approximate surface area is 192 Å². The van der Waals surface area contributed by atoms with E-state index in [-0.39, 0.29) is 11.9 Å². The van der Waals surface area contributed by atoms with Gasteiger partial charge in [-0.1, -0.05) is 12.1 Å². The molecule has 6 nitrogen and oxygen atoms in total. The van der Waals surface area contributed by atoms with E-state index >= 15 is 0 Å². The fraction of sp³-hybridized carbons (Fsp3) is 0.500. The van der Waals surface area contributed by atoms with Gasteiger partial charge in [0.15, 0.2) is 0 Å². The number of carbonyl (C=O) groups is 1. The van der Waals surface area contributed by atoms with E-state index in [9.17, 15) is 4.79 Å². The van der Waals surface area contributed by atoms with Gasteiger partial charge in [0.05, 0.1) is 12.6 Å². The van der Waals surface area contributed by atoms with Crippen molar-refractivity contribution in [2.75, 3.05) is 64.9 Å². The standard InChI is InChI=1S/C26H36N4O2/c1-4-32-23-10-7-20(8-11-23)26(31)27-19-25(30-16-14-28(2)15-17-30)22-9-12-24-21(18-22)6-5-13-29(24)3/h7-12,18,25H,4-6,13-17,19H2,1-3H3,(H,27,31)/t25-/m1/s1. The summed E-state index contributed by atoms with van der Waals surface area (Å²) in [6, 6.07) is 14.4. The molecule has 2 aromatic carbocycles. The van der Waals surface area contributed by atoms with Gasteiger partial charge in [0.1, 0.15) is 5.75 Å². The first-order valence-corrected chi connectivity index (χ1v) is 11.8. The molecular formula is C26H36N4O2. The second-order valence-corrected chi connectivity index (χ2v) is 8.94. The highest BCUT2D eigenvalue weighted by atomic mass is 16.5. The molecule has 0 radical (unpaired) electrons. The van der Waals surface area contributed by atoms with Gasteiger partial charge in [-0.2, -0.15) is 0 Å². The predicted octanol–water partition coefficient (Wildman–Crippen LogP) is 3.19. The normalized spacial score (nSPS) is 18.2. The van der Waals surface area contributed by atoms with Gasteiger partial charge in [-0.05, 0) is 68.3 Å². The fourth-order valence-corrected chi connectivity index (χ4v) is 4.76. The lowest BCUT2D eigenvalue weighted by Gasteiger charge is -2.39. The van der Waals surface area contributed by atoms with Crippen LogP contribution in [0.5, 0.6) is 5.75 Å². The van der Waals surface area contributed by atoms with Crippen molar-refractivity contribution < 1.29 is 9.53 Å². The molecule has 1 amide bonds. The Bertz CT molecular complexity index is 907. The summed E-state index contributed by atoms with van der Waals surface area (Å²) in [6.07, 6.45) is 2.32. The van der Waals surface area contributed by atoms with Crippen molar-refractivity contribution in [3.63, 3.8) is 0 Å². The van der Waals surface area contributed by atoms with Crippen molar-refractivity contribution in [1.29, 1.82) is 0 Å². The van der Waals surface area contributed by atoms with Crippen molar-refractivity contribution in [2.45, 2.75) is 25.8 Å². The van der Waals surface area contributed by atoms with E-state index < -0.39 is 0 Å². The molecule has 1 N–H and O–H groups in total. The van der Waals surface area contributed by atoms with Crippen molar-refractivity contribution in [3.05, 3.63) is 59.2 Å². The molecule has 0 unspecified atom stereocenters. The van der Waals surface area contributed by atoms with Gasteiger partial charge in [-0.25, -0.2) is 0 Å². The van der Waals surface area contributed by atoms with Gasteiger partial charge < -0.3 is 19.9 Å². The van der Waals surface area contributed by atoms with Crippen LogP contribution in [0.4, 0.5) is 5.69 Å². The van der Waals surface area contributed by atoms with Gasteiger partial charge in [0.2, 0.25) is 0 Å². The molecule has 172 valence electrons. The lowest BCUT2D eigenvalue weighted by atomic mass is 9.95. The Morgan fingerprint density at radius 3 is 2.50 bits per heavy atom. The summed E-state index contributed by atoms with van der Waals surface area (Å²) in [6.45, 7) is 8.42. The SMILES string of the molecule is CCOc1ccc(C(=O)NC[C@H](c2ccc3c(c2)CCCN3C)N2CCN(C)CC2)cc1. The molecule has 2 aromatic rings. The number of aryl methyl sites for hydroxylation is 1. The highest BCUT2D eigenvalue weighted by Gasteiger charge is 2.26. The van der Waals surface area contributed by atoms with Crippen LogP contribution in [-0.4, -0.2) is 75.7 Å². The molecule has 0 bridgehead atoms. The average molecular weight is 437 g/mol. The molecule has 0 aromatic heterocycles. The lowest BCUT2D eigenvalue weighted by Crippen LogP contribution is -2.48. The predicted molar refractivity (Wildman–Crippen MR) is 130 cm³/mol. The first kappa shape index (κ1) is 22.6. The number of rotatable bonds is 7. The Kier molecular flexibility index (Phi) is 7.33.